The Bertz CT molecular complexity index is 363. The van der Waals surface area contributed by atoms with Gasteiger partial charge in [-0.2, -0.15) is 0 Å². The molecule has 0 aromatic carbocycles. The van der Waals surface area contributed by atoms with E-state index in [-0.39, 0.29) is 16.7 Å². The van der Waals surface area contributed by atoms with Crippen LogP contribution in [0, 0.1) is 5.41 Å². The highest BCUT2D eigenvalue weighted by Crippen LogP contribution is 2.50. The zero-order valence-electron chi connectivity index (χ0n) is 15.1. The second kappa shape index (κ2) is 5.50. The number of rotatable bonds is 4. The van der Waals surface area contributed by atoms with Crippen LogP contribution in [-0.4, -0.2) is 41.3 Å². The number of hydrogen-bond donors (Lipinski definition) is 1. The van der Waals surface area contributed by atoms with Crippen LogP contribution in [0.15, 0.2) is 0 Å². The molecule has 2 aliphatic heterocycles. The highest BCUT2D eigenvalue weighted by atomic mass is 16.5. The van der Waals surface area contributed by atoms with Gasteiger partial charge < -0.3 is 10.5 Å². The zero-order chi connectivity index (χ0) is 15.9. The SMILES string of the molecule is CCC1(CC)CCN(C2(CN)CC(C)(C)OC2(C)C)CC1. The first kappa shape index (κ1) is 17.2. The molecule has 0 radical (unpaired) electrons. The van der Waals surface area contributed by atoms with Crippen molar-refractivity contribution in [3.05, 3.63) is 0 Å². The molecule has 0 spiro atoms. The Morgan fingerprint density at radius 2 is 1.52 bits per heavy atom. The molecular formula is C18H36N2O. The molecule has 21 heavy (non-hydrogen) atoms. The zero-order valence-corrected chi connectivity index (χ0v) is 15.1. The van der Waals surface area contributed by atoms with Gasteiger partial charge in [-0.1, -0.05) is 26.7 Å². The normalized spacial score (nSPS) is 35.0. The summed E-state index contributed by atoms with van der Waals surface area (Å²) in [6.07, 6.45) is 6.25. The lowest BCUT2D eigenvalue weighted by atomic mass is 9.70. The molecule has 0 aliphatic carbocycles. The average molecular weight is 296 g/mol. The van der Waals surface area contributed by atoms with E-state index >= 15 is 0 Å². The van der Waals surface area contributed by atoms with Gasteiger partial charge in [-0.3, -0.25) is 4.90 Å². The van der Waals surface area contributed by atoms with Crippen molar-refractivity contribution in [2.24, 2.45) is 11.1 Å². The summed E-state index contributed by atoms with van der Waals surface area (Å²) in [7, 11) is 0. The van der Waals surface area contributed by atoms with Crippen molar-refractivity contribution in [3.8, 4) is 0 Å². The van der Waals surface area contributed by atoms with Crippen molar-refractivity contribution in [1.29, 1.82) is 0 Å². The quantitative estimate of drug-likeness (QED) is 0.862. The Morgan fingerprint density at radius 3 is 1.86 bits per heavy atom. The molecular weight excluding hydrogens is 260 g/mol. The number of nitrogens with zero attached hydrogens (tertiary/aromatic N) is 1. The maximum absolute atomic E-state index is 6.38. The van der Waals surface area contributed by atoms with E-state index in [1.165, 1.54) is 38.8 Å². The molecule has 124 valence electrons. The van der Waals surface area contributed by atoms with Crippen LogP contribution in [0.5, 0.6) is 0 Å². The Balaban J connectivity index is 2.20. The van der Waals surface area contributed by atoms with Gasteiger partial charge in [0.1, 0.15) is 0 Å². The van der Waals surface area contributed by atoms with Crippen LogP contribution in [0.3, 0.4) is 0 Å². The predicted octanol–water partition coefficient (Wildman–Crippen LogP) is 3.56. The molecule has 2 aliphatic rings. The first-order valence-electron chi connectivity index (χ1n) is 8.81. The lowest BCUT2D eigenvalue weighted by Gasteiger charge is -2.52. The largest absolute Gasteiger partial charge is 0.368 e. The van der Waals surface area contributed by atoms with Crippen LogP contribution < -0.4 is 5.73 Å². The summed E-state index contributed by atoms with van der Waals surface area (Å²) in [6, 6.07) is 0. The predicted molar refractivity (Wildman–Crippen MR) is 89.5 cm³/mol. The first-order valence-corrected chi connectivity index (χ1v) is 8.81. The van der Waals surface area contributed by atoms with Crippen molar-refractivity contribution >= 4 is 0 Å². The van der Waals surface area contributed by atoms with Crippen LogP contribution in [0.25, 0.3) is 0 Å². The van der Waals surface area contributed by atoms with Crippen LogP contribution in [0.1, 0.15) is 73.6 Å². The number of piperidine rings is 1. The minimum absolute atomic E-state index is 0.00978. The molecule has 1 unspecified atom stereocenters. The van der Waals surface area contributed by atoms with Crippen LogP contribution >= 0.6 is 0 Å². The van der Waals surface area contributed by atoms with E-state index in [2.05, 4.69) is 46.4 Å². The first-order chi connectivity index (χ1) is 9.66. The molecule has 0 saturated carbocycles. The fourth-order valence-electron chi connectivity index (χ4n) is 5.04. The standard InChI is InChI=1S/C18H36N2O/c1-7-17(8-2)9-11-20(12-10-17)18(14-19)13-15(3,4)21-16(18,5)6/h7-14,19H2,1-6H3. The van der Waals surface area contributed by atoms with Gasteiger partial charge in [-0.15, -0.1) is 0 Å². The smallest absolute Gasteiger partial charge is 0.0830 e. The molecule has 2 saturated heterocycles. The number of hydrogen-bond acceptors (Lipinski definition) is 3. The van der Waals surface area contributed by atoms with Gasteiger partial charge in [0.05, 0.1) is 16.7 Å². The summed E-state index contributed by atoms with van der Waals surface area (Å²) < 4.78 is 6.38. The van der Waals surface area contributed by atoms with Gasteiger partial charge in [-0.05, 0) is 65.5 Å². The van der Waals surface area contributed by atoms with Crippen molar-refractivity contribution in [2.75, 3.05) is 19.6 Å². The summed E-state index contributed by atoms with van der Waals surface area (Å²) in [5.74, 6) is 0. The average Bonchev–Trinajstić information content (AvgIpc) is 2.63. The van der Waals surface area contributed by atoms with Gasteiger partial charge in [0.25, 0.3) is 0 Å². The van der Waals surface area contributed by atoms with Gasteiger partial charge in [0.2, 0.25) is 0 Å². The van der Waals surface area contributed by atoms with E-state index in [0.29, 0.717) is 12.0 Å². The topological polar surface area (TPSA) is 38.5 Å². The lowest BCUT2D eigenvalue weighted by Crippen LogP contribution is -2.65. The van der Waals surface area contributed by atoms with Crippen LogP contribution in [0.4, 0.5) is 0 Å². The third-order valence-electron chi connectivity index (χ3n) is 6.64. The molecule has 3 nitrogen and oxygen atoms in total. The Kier molecular flexibility index (Phi) is 4.52. The third-order valence-corrected chi connectivity index (χ3v) is 6.64. The molecule has 1 atom stereocenters. The highest BCUT2D eigenvalue weighted by Gasteiger charge is 2.59. The summed E-state index contributed by atoms with van der Waals surface area (Å²) in [5.41, 5.74) is 6.61. The molecule has 0 aromatic rings. The number of likely N-dealkylation sites (tertiary alicyclic amines) is 1. The maximum atomic E-state index is 6.38. The van der Waals surface area contributed by atoms with Crippen molar-refractivity contribution in [3.63, 3.8) is 0 Å². The third kappa shape index (κ3) is 2.77. The van der Waals surface area contributed by atoms with E-state index in [0.717, 1.165) is 6.42 Å². The minimum Gasteiger partial charge on any atom is -0.368 e. The summed E-state index contributed by atoms with van der Waals surface area (Å²) in [5, 5.41) is 0. The lowest BCUT2D eigenvalue weighted by molar-refractivity contribution is -0.112. The van der Waals surface area contributed by atoms with Gasteiger partial charge in [0, 0.05) is 6.54 Å². The molecule has 0 bridgehead atoms. The maximum Gasteiger partial charge on any atom is 0.0830 e. The monoisotopic (exact) mass is 296 g/mol. The molecule has 3 heteroatoms. The van der Waals surface area contributed by atoms with Crippen LogP contribution in [-0.2, 0) is 4.74 Å². The molecule has 2 N–H and O–H groups in total. The molecule has 2 heterocycles. The molecule has 2 rings (SSSR count). The van der Waals surface area contributed by atoms with E-state index in [1.54, 1.807) is 0 Å². The fraction of sp³-hybridized carbons (Fsp3) is 1.00. The highest BCUT2D eigenvalue weighted by molar-refractivity contribution is 5.14. The number of nitrogens with two attached hydrogens (primary N) is 1. The number of ether oxygens (including phenoxy) is 1. The summed E-state index contributed by atoms with van der Waals surface area (Å²) in [6.45, 7) is 16.6. The molecule has 2 fully saturated rings. The van der Waals surface area contributed by atoms with Crippen molar-refractivity contribution < 1.29 is 4.74 Å². The summed E-state index contributed by atoms with van der Waals surface area (Å²) in [4.78, 5) is 2.66. The van der Waals surface area contributed by atoms with Gasteiger partial charge >= 0.3 is 0 Å². The van der Waals surface area contributed by atoms with Crippen molar-refractivity contribution in [1.82, 2.24) is 4.90 Å². The minimum atomic E-state index is -0.177. The van der Waals surface area contributed by atoms with E-state index in [1.807, 2.05) is 0 Å². The fourth-order valence-corrected chi connectivity index (χ4v) is 5.04. The Labute approximate surface area is 131 Å². The van der Waals surface area contributed by atoms with Crippen molar-refractivity contribution in [2.45, 2.75) is 90.4 Å². The Morgan fingerprint density at radius 1 is 1.00 bits per heavy atom. The van der Waals surface area contributed by atoms with Crippen LogP contribution in [0.2, 0.25) is 0 Å². The molecule has 0 aromatic heterocycles. The van der Waals surface area contributed by atoms with E-state index in [9.17, 15) is 0 Å². The van der Waals surface area contributed by atoms with E-state index < -0.39 is 0 Å². The van der Waals surface area contributed by atoms with Gasteiger partial charge in [0.15, 0.2) is 0 Å². The second-order valence-corrected chi connectivity index (χ2v) is 8.48. The van der Waals surface area contributed by atoms with E-state index in [4.69, 9.17) is 10.5 Å². The van der Waals surface area contributed by atoms with Gasteiger partial charge in [-0.25, -0.2) is 0 Å². The second-order valence-electron chi connectivity index (χ2n) is 8.48. The molecule has 0 amide bonds. The Hall–Kier alpha value is -0.120. The summed E-state index contributed by atoms with van der Waals surface area (Å²) >= 11 is 0.